The summed E-state index contributed by atoms with van der Waals surface area (Å²) >= 11 is 7.45. The summed E-state index contributed by atoms with van der Waals surface area (Å²) in [5, 5.41) is 0. The maximum absolute atomic E-state index is 12.7. The van der Waals surface area contributed by atoms with Gasteiger partial charge in [0.05, 0.1) is 10.9 Å². The molecule has 3 rings (SSSR count). The van der Waals surface area contributed by atoms with Gasteiger partial charge in [0, 0.05) is 24.7 Å². The molecule has 3 aromatic rings. The predicted molar refractivity (Wildman–Crippen MR) is 95.1 cm³/mol. The van der Waals surface area contributed by atoms with Crippen molar-refractivity contribution in [3.05, 3.63) is 81.3 Å². The zero-order valence-electron chi connectivity index (χ0n) is 12.8. The molecule has 118 valence electrons. The summed E-state index contributed by atoms with van der Waals surface area (Å²) in [7, 11) is 1.82. The summed E-state index contributed by atoms with van der Waals surface area (Å²) in [5.74, 6) is 0.00968. The molecule has 0 saturated carbocycles. The number of halogens is 1. The van der Waals surface area contributed by atoms with Crippen LogP contribution in [0.15, 0.2) is 60.8 Å². The molecule has 1 amide bonds. The van der Waals surface area contributed by atoms with E-state index in [9.17, 15) is 4.79 Å². The highest BCUT2D eigenvalue weighted by Crippen LogP contribution is 2.23. The first-order valence-electron chi connectivity index (χ1n) is 7.32. The molecule has 3 nitrogen and oxygen atoms in total. The summed E-state index contributed by atoms with van der Waals surface area (Å²) in [4.78, 5) is 15.5. The molecule has 2 heterocycles. The number of hydrogen-bond donors (Lipinski definition) is 0. The summed E-state index contributed by atoms with van der Waals surface area (Å²) < 4.78 is 2.73. The highest BCUT2D eigenvalue weighted by Gasteiger charge is 2.16. The van der Waals surface area contributed by atoms with E-state index >= 15 is 0 Å². The average Bonchev–Trinajstić information content (AvgIpc) is 3.16. The van der Waals surface area contributed by atoms with Crippen molar-refractivity contribution in [1.29, 1.82) is 0 Å². The van der Waals surface area contributed by atoms with Gasteiger partial charge >= 0.3 is 0 Å². The smallest absolute Gasteiger partial charge is 0.270 e. The average molecular weight is 345 g/mol. The van der Waals surface area contributed by atoms with Gasteiger partial charge in [-0.2, -0.15) is 0 Å². The predicted octanol–water partition coefficient (Wildman–Crippen LogP) is 4.52. The van der Waals surface area contributed by atoms with Crippen molar-refractivity contribution in [2.24, 2.45) is 0 Å². The highest BCUT2D eigenvalue weighted by atomic mass is 35.5. The Labute approximate surface area is 144 Å². The van der Waals surface area contributed by atoms with E-state index in [0.29, 0.717) is 18.8 Å². The Hall–Kier alpha value is -2.04. The molecule has 0 N–H and O–H groups in total. The molecular weight excluding hydrogens is 328 g/mol. The van der Waals surface area contributed by atoms with E-state index in [0.717, 1.165) is 9.21 Å². The number of carbonyl (C=O) groups is 1. The third-order valence-electron chi connectivity index (χ3n) is 3.61. The fourth-order valence-corrected chi connectivity index (χ4v) is 3.61. The van der Waals surface area contributed by atoms with Gasteiger partial charge in [0.15, 0.2) is 0 Å². The standard InChI is InChI=1S/C18H17ClN2OS/c1-20(13-15-9-10-17(19)23-15)18(22)16-8-5-11-21(16)12-14-6-3-2-4-7-14/h2-11H,12-13H2,1H3. The third-order valence-corrected chi connectivity index (χ3v) is 4.83. The lowest BCUT2D eigenvalue weighted by Crippen LogP contribution is -2.28. The van der Waals surface area contributed by atoms with Gasteiger partial charge in [0.25, 0.3) is 5.91 Å². The Morgan fingerprint density at radius 2 is 1.91 bits per heavy atom. The molecule has 1 aromatic carbocycles. The van der Waals surface area contributed by atoms with E-state index < -0.39 is 0 Å². The molecule has 0 aliphatic carbocycles. The molecule has 2 aromatic heterocycles. The van der Waals surface area contributed by atoms with Gasteiger partial charge in [0.2, 0.25) is 0 Å². The minimum Gasteiger partial charge on any atom is -0.339 e. The lowest BCUT2D eigenvalue weighted by Gasteiger charge is -2.18. The van der Waals surface area contributed by atoms with E-state index in [2.05, 4.69) is 12.1 Å². The van der Waals surface area contributed by atoms with Crippen LogP contribution in [0.1, 0.15) is 20.9 Å². The Morgan fingerprint density at radius 1 is 1.13 bits per heavy atom. The maximum atomic E-state index is 12.7. The second-order valence-corrected chi connectivity index (χ2v) is 7.17. The molecule has 0 saturated heterocycles. The zero-order valence-corrected chi connectivity index (χ0v) is 14.3. The van der Waals surface area contributed by atoms with Crippen molar-refractivity contribution >= 4 is 28.8 Å². The number of thiophene rings is 1. The molecule has 0 fully saturated rings. The summed E-state index contributed by atoms with van der Waals surface area (Å²) in [5.41, 5.74) is 1.87. The number of aromatic nitrogens is 1. The fraction of sp³-hybridized carbons (Fsp3) is 0.167. The maximum Gasteiger partial charge on any atom is 0.270 e. The molecule has 5 heteroatoms. The Morgan fingerprint density at radius 3 is 2.61 bits per heavy atom. The normalized spacial score (nSPS) is 10.7. The van der Waals surface area contributed by atoms with Gasteiger partial charge in [-0.15, -0.1) is 11.3 Å². The molecule has 0 unspecified atom stereocenters. The molecule has 0 atom stereocenters. The molecule has 0 bridgehead atoms. The lowest BCUT2D eigenvalue weighted by atomic mass is 10.2. The minimum absolute atomic E-state index is 0.00968. The second kappa shape index (κ2) is 7.02. The zero-order chi connectivity index (χ0) is 16.2. The SMILES string of the molecule is CN(Cc1ccc(Cl)s1)C(=O)c1cccn1Cc1ccccc1. The first kappa shape index (κ1) is 15.8. The Kier molecular flexibility index (Phi) is 4.84. The van der Waals surface area contributed by atoms with Crippen LogP contribution in [-0.2, 0) is 13.1 Å². The second-order valence-electron chi connectivity index (χ2n) is 5.37. The fourth-order valence-electron chi connectivity index (χ4n) is 2.46. The van der Waals surface area contributed by atoms with E-state index in [4.69, 9.17) is 11.6 Å². The van der Waals surface area contributed by atoms with Gasteiger partial charge in [-0.25, -0.2) is 0 Å². The van der Waals surface area contributed by atoms with Crippen LogP contribution in [0.4, 0.5) is 0 Å². The molecular formula is C18H17ClN2OS. The van der Waals surface area contributed by atoms with Crippen LogP contribution in [0.2, 0.25) is 4.34 Å². The monoisotopic (exact) mass is 344 g/mol. The lowest BCUT2D eigenvalue weighted by molar-refractivity contribution is 0.0776. The van der Waals surface area contributed by atoms with Crippen molar-refractivity contribution in [2.75, 3.05) is 7.05 Å². The Bertz CT molecular complexity index is 794. The van der Waals surface area contributed by atoms with Crippen LogP contribution in [0, 0.1) is 0 Å². The van der Waals surface area contributed by atoms with E-state index in [1.165, 1.54) is 16.9 Å². The molecule has 0 spiro atoms. The van der Waals surface area contributed by atoms with Crippen molar-refractivity contribution in [1.82, 2.24) is 9.47 Å². The van der Waals surface area contributed by atoms with Crippen LogP contribution in [0.5, 0.6) is 0 Å². The molecule has 0 aliphatic rings. The van der Waals surface area contributed by atoms with Crippen molar-refractivity contribution in [3.8, 4) is 0 Å². The minimum atomic E-state index is 0.00968. The summed E-state index contributed by atoms with van der Waals surface area (Å²) in [6.07, 6.45) is 1.94. The van der Waals surface area contributed by atoms with Crippen LogP contribution in [-0.4, -0.2) is 22.4 Å². The summed E-state index contributed by atoms with van der Waals surface area (Å²) in [6.45, 7) is 1.25. The molecule has 23 heavy (non-hydrogen) atoms. The van der Waals surface area contributed by atoms with Crippen molar-refractivity contribution in [3.63, 3.8) is 0 Å². The van der Waals surface area contributed by atoms with Crippen LogP contribution in [0.3, 0.4) is 0 Å². The van der Waals surface area contributed by atoms with Crippen LogP contribution in [0.25, 0.3) is 0 Å². The van der Waals surface area contributed by atoms with Crippen LogP contribution < -0.4 is 0 Å². The van der Waals surface area contributed by atoms with Gasteiger partial charge in [-0.3, -0.25) is 4.79 Å². The van der Waals surface area contributed by atoms with Crippen molar-refractivity contribution in [2.45, 2.75) is 13.1 Å². The first-order chi connectivity index (χ1) is 11.1. The number of benzene rings is 1. The van der Waals surface area contributed by atoms with Gasteiger partial charge in [-0.05, 0) is 29.8 Å². The quantitative estimate of drug-likeness (QED) is 0.667. The number of amides is 1. The van der Waals surface area contributed by atoms with E-state index in [1.807, 2.05) is 60.3 Å². The largest absolute Gasteiger partial charge is 0.339 e. The number of rotatable bonds is 5. The number of nitrogens with zero attached hydrogens (tertiary/aromatic N) is 2. The summed E-state index contributed by atoms with van der Waals surface area (Å²) in [6, 6.07) is 17.7. The Balaban J connectivity index is 1.73. The van der Waals surface area contributed by atoms with Crippen LogP contribution >= 0.6 is 22.9 Å². The van der Waals surface area contributed by atoms with E-state index in [1.54, 1.807) is 4.90 Å². The van der Waals surface area contributed by atoms with E-state index in [-0.39, 0.29) is 5.91 Å². The van der Waals surface area contributed by atoms with Gasteiger partial charge in [-0.1, -0.05) is 41.9 Å². The third kappa shape index (κ3) is 3.84. The highest BCUT2D eigenvalue weighted by molar-refractivity contribution is 7.16. The topological polar surface area (TPSA) is 25.2 Å². The first-order valence-corrected chi connectivity index (χ1v) is 8.51. The van der Waals surface area contributed by atoms with Gasteiger partial charge in [0.1, 0.15) is 5.69 Å². The van der Waals surface area contributed by atoms with Gasteiger partial charge < -0.3 is 9.47 Å². The van der Waals surface area contributed by atoms with Crippen molar-refractivity contribution < 1.29 is 4.79 Å². The molecule has 0 radical (unpaired) electrons. The number of hydrogen-bond acceptors (Lipinski definition) is 2. The number of carbonyl (C=O) groups excluding carboxylic acids is 1. The molecule has 0 aliphatic heterocycles.